The minimum Gasteiger partial charge on any atom is -0.342 e. The normalized spacial score (nSPS) is 9.87. The van der Waals surface area contributed by atoms with Gasteiger partial charge in [-0.2, -0.15) is 0 Å². The van der Waals surface area contributed by atoms with Crippen LogP contribution in [0.15, 0.2) is 18.2 Å². The second-order valence-electron chi connectivity index (χ2n) is 3.51. The van der Waals surface area contributed by atoms with Crippen LogP contribution in [0.5, 0.6) is 0 Å². The minimum absolute atomic E-state index is 0.0193. The van der Waals surface area contributed by atoms with Gasteiger partial charge in [0.25, 0.3) is 5.91 Å². The van der Waals surface area contributed by atoms with Crippen LogP contribution in [-0.2, 0) is 0 Å². The molecule has 0 aliphatic heterocycles. The fourth-order valence-electron chi connectivity index (χ4n) is 1.31. The molecule has 0 aliphatic rings. The number of hydrazine groups is 1. The molecule has 0 fully saturated rings. The molecule has 1 rings (SSSR count). The molecule has 0 unspecified atom stereocenters. The van der Waals surface area contributed by atoms with Gasteiger partial charge in [-0.1, -0.05) is 11.6 Å². The number of nitrogens with zero attached hydrogens (tertiary/aromatic N) is 1. The highest BCUT2D eigenvalue weighted by atomic mass is 16.2. The van der Waals surface area contributed by atoms with Crippen molar-refractivity contribution < 1.29 is 4.79 Å². The topological polar surface area (TPSA) is 58.4 Å². The second kappa shape index (κ2) is 4.79. The van der Waals surface area contributed by atoms with E-state index in [4.69, 9.17) is 5.84 Å². The Labute approximate surface area is 90.0 Å². The average Bonchev–Trinajstić information content (AvgIpc) is 2.27. The van der Waals surface area contributed by atoms with Crippen LogP contribution in [0.2, 0.25) is 0 Å². The largest absolute Gasteiger partial charge is 0.342 e. The number of rotatable bonds is 3. The number of carbonyl (C=O) groups is 1. The summed E-state index contributed by atoms with van der Waals surface area (Å²) >= 11 is 0. The lowest BCUT2D eigenvalue weighted by atomic mass is 10.1. The van der Waals surface area contributed by atoms with Gasteiger partial charge in [0.2, 0.25) is 0 Å². The molecule has 4 heteroatoms. The van der Waals surface area contributed by atoms with Crippen LogP contribution >= 0.6 is 0 Å². The van der Waals surface area contributed by atoms with Crippen molar-refractivity contribution in [1.29, 1.82) is 0 Å². The van der Waals surface area contributed by atoms with E-state index in [1.54, 1.807) is 11.9 Å². The lowest BCUT2D eigenvalue weighted by molar-refractivity contribution is 0.0803. The number of anilines is 1. The molecule has 0 spiro atoms. The fraction of sp³-hybridized carbons (Fsp3) is 0.364. The van der Waals surface area contributed by atoms with Gasteiger partial charge in [0.1, 0.15) is 0 Å². The zero-order chi connectivity index (χ0) is 11.4. The van der Waals surface area contributed by atoms with Crippen LogP contribution in [0.4, 0.5) is 5.69 Å². The Bertz CT molecular complexity index is 363. The summed E-state index contributed by atoms with van der Waals surface area (Å²) in [5.41, 5.74) is 4.85. The highest BCUT2D eigenvalue weighted by Gasteiger charge is 2.14. The average molecular weight is 207 g/mol. The SMILES string of the molecule is CCN(C)C(=O)c1cc(C)ccc1NN. The number of hydrogen-bond acceptors (Lipinski definition) is 3. The van der Waals surface area contributed by atoms with Crippen molar-refractivity contribution in [3.63, 3.8) is 0 Å². The number of nitrogen functional groups attached to an aromatic ring is 1. The predicted molar refractivity (Wildman–Crippen MR) is 61.6 cm³/mol. The van der Waals surface area contributed by atoms with Crippen molar-refractivity contribution in [3.05, 3.63) is 29.3 Å². The number of aryl methyl sites for hydroxylation is 1. The van der Waals surface area contributed by atoms with E-state index >= 15 is 0 Å². The summed E-state index contributed by atoms with van der Waals surface area (Å²) in [5.74, 6) is 5.34. The smallest absolute Gasteiger partial charge is 0.255 e. The molecule has 1 amide bonds. The number of hydrogen-bond donors (Lipinski definition) is 2. The molecule has 0 heterocycles. The number of amides is 1. The molecule has 82 valence electrons. The molecule has 1 aromatic rings. The maximum Gasteiger partial charge on any atom is 0.255 e. The van der Waals surface area contributed by atoms with Gasteiger partial charge in [0, 0.05) is 13.6 Å². The minimum atomic E-state index is -0.0193. The Hall–Kier alpha value is -1.55. The van der Waals surface area contributed by atoms with Crippen molar-refractivity contribution in [3.8, 4) is 0 Å². The summed E-state index contributed by atoms with van der Waals surface area (Å²) < 4.78 is 0. The molecular formula is C11H17N3O. The molecule has 0 aliphatic carbocycles. The molecule has 0 aromatic heterocycles. The first-order valence-electron chi connectivity index (χ1n) is 4.92. The lowest BCUT2D eigenvalue weighted by Crippen LogP contribution is -2.27. The van der Waals surface area contributed by atoms with Crippen LogP contribution in [-0.4, -0.2) is 24.4 Å². The van der Waals surface area contributed by atoms with Gasteiger partial charge in [0.05, 0.1) is 11.3 Å². The third-order valence-electron chi connectivity index (χ3n) is 2.38. The zero-order valence-electron chi connectivity index (χ0n) is 9.37. The zero-order valence-corrected chi connectivity index (χ0v) is 9.37. The van der Waals surface area contributed by atoms with Gasteiger partial charge in [-0.05, 0) is 26.0 Å². The Morgan fingerprint density at radius 3 is 2.73 bits per heavy atom. The molecule has 3 N–H and O–H groups in total. The van der Waals surface area contributed by atoms with Crippen molar-refractivity contribution in [2.75, 3.05) is 19.0 Å². The third-order valence-corrected chi connectivity index (χ3v) is 2.38. The summed E-state index contributed by atoms with van der Waals surface area (Å²) in [7, 11) is 1.77. The van der Waals surface area contributed by atoms with E-state index in [0.717, 1.165) is 5.56 Å². The van der Waals surface area contributed by atoms with Gasteiger partial charge in [-0.3, -0.25) is 10.6 Å². The Morgan fingerprint density at radius 1 is 1.53 bits per heavy atom. The highest BCUT2D eigenvalue weighted by Crippen LogP contribution is 2.17. The van der Waals surface area contributed by atoms with Gasteiger partial charge in [0.15, 0.2) is 0 Å². The Morgan fingerprint density at radius 2 is 2.20 bits per heavy atom. The van der Waals surface area contributed by atoms with Crippen LogP contribution < -0.4 is 11.3 Å². The Balaban J connectivity index is 3.11. The summed E-state index contributed by atoms with van der Waals surface area (Å²) in [6, 6.07) is 5.56. The van der Waals surface area contributed by atoms with E-state index in [9.17, 15) is 4.79 Å². The van der Waals surface area contributed by atoms with E-state index in [1.807, 2.05) is 32.0 Å². The van der Waals surface area contributed by atoms with Gasteiger partial charge < -0.3 is 10.3 Å². The summed E-state index contributed by atoms with van der Waals surface area (Å²) in [4.78, 5) is 13.6. The molecular weight excluding hydrogens is 190 g/mol. The summed E-state index contributed by atoms with van der Waals surface area (Å²) in [6.07, 6.45) is 0. The predicted octanol–water partition coefficient (Wildman–Crippen LogP) is 1.37. The van der Waals surface area contributed by atoms with Crippen LogP contribution in [0, 0.1) is 6.92 Å². The van der Waals surface area contributed by atoms with Gasteiger partial charge in [-0.25, -0.2) is 0 Å². The quantitative estimate of drug-likeness (QED) is 0.581. The molecule has 0 atom stereocenters. The van der Waals surface area contributed by atoms with Gasteiger partial charge in [-0.15, -0.1) is 0 Å². The molecule has 0 saturated heterocycles. The summed E-state index contributed by atoms with van der Waals surface area (Å²) in [6.45, 7) is 4.56. The third kappa shape index (κ3) is 2.47. The van der Waals surface area contributed by atoms with E-state index in [-0.39, 0.29) is 5.91 Å². The first-order valence-corrected chi connectivity index (χ1v) is 4.92. The van der Waals surface area contributed by atoms with E-state index in [0.29, 0.717) is 17.8 Å². The van der Waals surface area contributed by atoms with Crippen LogP contribution in [0.3, 0.4) is 0 Å². The monoisotopic (exact) mass is 207 g/mol. The van der Waals surface area contributed by atoms with Crippen LogP contribution in [0.1, 0.15) is 22.8 Å². The molecule has 1 aromatic carbocycles. The number of nitrogens with one attached hydrogen (secondary N) is 1. The second-order valence-corrected chi connectivity index (χ2v) is 3.51. The fourth-order valence-corrected chi connectivity index (χ4v) is 1.31. The van der Waals surface area contributed by atoms with Crippen molar-refractivity contribution >= 4 is 11.6 Å². The van der Waals surface area contributed by atoms with E-state index in [1.165, 1.54) is 0 Å². The molecule has 15 heavy (non-hydrogen) atoms. The maximum absolute atomic E-state index is 11.9. The number of benzene rings is 1. The lowest BCUT2D eigenvalue weighted by Gasteiger charge is -2.17. The van der Waals surface area contributed by atoms with Crippen molar-refractivity contribution in [1.82, 2.24) is 4.90 Å². The first kappa shape index (κ1) is 11.5. The van der Waals surface area contributed by atoms with Gasteiger partial charge >= 0.3 is 0 Å². The first-order chi connectivity index (χ1) is 7.10. The molecule has 4 nitrogen and oxygen atoms in total. The van der Waals surface area contributed by atoms with Crippen LogP contribution in [0.25, 0.3) is 0 Å². The van der Waals surface area contributed by atoms with Crippen molar-refractivity contribution in [2.24, 2.45) is 5.84 Å². The molecule has 0 radical (unpaired) electrons. The number of nitrogens with two attached hydrogens (primary N) is 1. The standard InChI is InChI=1S/C11H17N3O/c1-4-14(3)11(15)9-7-8(2)5-6-10(9)13-12/h5-7,13H,4,12H2,1-3H3. The summed E-state index contributed by atoms with van der Waals surface area (Å²) in [5, 5.41) is 0. The maximum atomic E-state index is 11.9. The highest BCUT2D eigenvalue weighted by molar-refractivity contribution is 5.99. The van der Waals surface area contributed by atoms with E-state index in [2.05, 4.69) is 5.43 Å². The van der Waals surface area contributed by atoms with E-state index < -0.39 is 0 Å². The molecule has 0 bridgehead atoms. The Kier molecular flexibility index (Phi) is 3.68. The molecule has 0 saturated carbocycles. The number of carbonyl (C=O) groups excluding carboxylic acids is 1. The van der Waals surface area contributed by atoms with Crippen molar-refractivity contribution in [2.45, 2.75) is 13.8 Å².